The maximum absolute atomic E-state index is 12.5. The summed E-state index contributed by atoms with van der Waals surface area (Å²) in [5, 5.41) is 10.4. The Morgan fingerprint density at radius 2 is 2.14 bits per heavy atom. The Morgan fingerprint density at radius 1 is 1.33 bits per heavy atom. The molecule has 6 heteroatoms. The van der Waals surface area contributed by atoms with E-state index in [0.717, 1.165) is 42.3 Å². The highest BCUT2D eigenvalue weighted by Gasteiger charge is 2.12. The van der Waals surface area contributed by atoms with Crippen LogP contribution in [0.25, 0.3) is 11.3 Å². The molecule has 1 N–H and O–H groups in total. The summed E-state index contributed by atoms with van der Waals surface area (Å²) in [4.78, 5) is 17.0. The van der Waals surface area contributed by atoms with Gasteiger partial charge in [0.1, 0.15) is 0 Å². The largest absolute Gasteiger partial charge is 0.362 e. The van der Waals surface area contributed by atoms with E-state index < -0.39 is 0 Å². The number of nitrogens with one attached hydrogen (secondary N) is 1. The molecule has 0 aliphatic carbocycles. The van der Waals surface area contributed by atoms with Crippen LogP contribution in [0.5, 0.6) is 0 Å². The minimum atomic E-state index is -0.0543. The maximum Gasteiger partial charge on any atom is 0.276 e. The second-order valence-electron chi connectivity index (χ2n) is 5.05. The molecule has 0 aliphatic rings. The third-order valence-electron chi connectivity index (χ3n) is 3.13. The minimum absolute atomic E-state index is 0.0543. The zero-order chi connectivity index (χ0) is 15.2. The van der Waals surface area contributed by atoms with Crippen molar-refractivity contribution in [3.05, 3.63) is 27.5 Å². The monoisotopic (exact) mass is 306 g/mol. The summed E-state index contributed by atoms with van der Waals surface area (Å²) in [6.07, 6.45) is 3.04. The van der Waals surface area contributed by atoms with Crippen molar-refractivity contribution in [1.82, 2.24) is 14.8 Å². The molecule has 0 fully saturated rings. The van der Waals surface area contributed by atoms with Gasteiger partial charge in [-0.25, -0.2) is 9.67 Å². The Bertz CT molecular complexity index is 647. The van der Waals surface area contributed by atoms with Gasteiger partial charge < -0.3 is 5.32 Å². The molecule has 0 amide bonds. The first-order valence-electron chi connectivity index (χ1n) is 7.44. The Morgan fingerprint density at radius 3 is 2.86 bits per heavy atom. The summed E-state index contributed by atoms with van der Waals surface area (Å²) in [5.74, 6) is 0. The van der Waals surface area contributed by atoms with Crippen molar-refractivity contribution in [2.75, 3.05) is 11.9 Å². The first-order valence-corrected chi connectivity index (χ1v) is 8.32. The topological polar surface area (TPSA) is 59.8 Å². The Balaban J connectivity index is 2.32. The van der Waals surface area contributed by atoms with E-state index in [-0.39, 0.29) is 5.56 Å². The molecule has 0 aliphatic heterocycles. The number of anilines is 1. The first kappa shape index (κ1) is 15.7. The van der Waals surface area contributed by atoms with E-state index in [0.29, 0.717) is 12.1 Å². The molecule has 0 unspecified atom stereocenters. The summed E-state index contributed by atoms with van der Waals surface area (Å²) in [5.41, 5.74) is 2.16. The molecule has 0 saturated heterocycles. The molecule has 21 heavy (non-hydrogen) atoms. The van der Waals surface area contributed by atoms with Gasteiger partial charge in [0.25, 0.3) is 5.56 Å². The lowest BCUT2D eigenvalue weighted by atomic mass is 10.2. The third-order valence-corrected chi connectivity index (χ3v) is 3.93. The van der Waals surface area contributed by atoms with Crippen LogP contribution in [-0.4, -0.2) is 21.3 Å². The number of thiazole rings is 1. The predicted molar refractivity (Wildman–Crippen MR) is 88.0 cm³/mol. The van der Waals surface area contributed by atoms with E-state index in [4.69, 9.17) is 0 Å². The van der Waals surface area contributed by atoms with Gasteiger partial charge in [-0.05, 0) is 25.8 Å². The Hall–Kier alpha value is -1.69. The zero-order valence-electron chi connectivity index (χ0n) is 12.8. The molecular weight excluding hydrogens is 284 g/mol. The second-order valence-corrected chi connectivity index (χ2v) is 5.90. The predicted octanol–water partition coefficient (Wildman–Crippen LogP) is 3.30. The van der Waals surface area contributed by atoms with Gasteiger partial charge in [0.2, 0.25) is 0 Å². The van der Waals surface area contributed by atoms with Gasteiger partial charge >= 0.3 is 0 Å². The molecule has 2 aromatic rings. The second kappa shape index (κ2) is 7.36. The maximum atomic E-state index is 12.5. The van der Waals surface area contributed by atoms with E-state index in [1.807, 2.05) is 18.4 Å². The molecule has 2 rings (SSSR count). The summed E-state index contributed by atoms with van der Waals surface area (Å²) >= 11 is 1.53. The van der Waals surface area contributed by atoms with E-state index in [2.05, 4.69) is 29.2 Å². The van der Waals surface area contributed by atoms with Gasteiger partial charge in [-0.1, -0.05) is 20.3 Å². The van der Waals surface area contributed by atoms with Crippen LogP contribution in [0.2, 0.25) is 0 Å². The molecule has 0 bridgehead atoms. The molecule has 0 atom stereocenters. The zero-order valence-corrected chi connectivity index (χ0v) is 13.7. The number of aromatic nitrogens is 3. The van der Waals surface area contributed by atoms with Crippen LogP contribution >= 0.6 is 11.3 Å². The van der Waals surface area contributed by atoms with Crippen LogP contribution in [0.4, 0.5) is 5.13 Å². The third kappa shape index (κ3) is 3.91. The molecular formula is C15H22N4OS. The summed E-state index contributed by atoms with van der Waals surface area (Å²) in [7, 11) is 0. The highest BCUT2D eigenvalue weighted by molar-refractivity contribution is 7.14. The van der Waals surface area contributed by atoms with Gasteiger partial charge in [0.05, 0.1) is 17.0 Å². The number of rotatable bonds is 7. The number of aryl methyl sites for hydroxylation is 2. The van der Waals surface area contributed by atoms with Gasteiger partial charge in [0, 0.05) is 18.5 Å². The van der Waals surface area contributed by atoms with Crippen molar-refractivity contribution in [3.63, 3.8) is 0 Å². The van der Waals surface area contributed by atoms with Crippen LogP contribution in [-0.2, 0) is 6.54 Å². The smallest absolute Gasteiger partial charge is 0.276 e. The van der Waals surface area contributed by atoms with Crippen molar-refractivity contribution < 1.29 is 0 Å². The van der Waals surface area contributed by atoms with E-state index in [1.165, 1.54) is 11.3 Å². The molecule has 2 aromatic heterocycles. The lowest BCUT2D eigenvalue weighted by Gasteiger charge is -2.07. The van der Waals surface area contributed by atoms with Crippen molar-refractivity contribution in [3.8, 4) is 11.3 Å². The lowest BCUT2D eigenvalue weighted by Crippen LogP contribution is -2.25. The Labute approximate surface area is 129 Å². The van der Waals surface area contributed by atoms with Crippen LogP contribution < -0.4 is 10.9 Å². The normalized spacial score (nSPS) is 10.8. The van der Waals surface area contributed by atoms with Crippen LogP contribution in [0.3, 0.4) is 0 Å². The fourth-order valence-corrected chi connectivity index (χ4v) is 2.77. The highest BCUT2D eigenvalue weighted by Crippen LogP contribution is 2.22. The number of unbranched alkanes of at least 4 members (excludes halogenated alkanes) is 1. The number of hydrogen-bond acceptors (Lipinski definition) is 5. The summed E-state index contributed by atoms with van der Waals surface area (Å²) < 4.78 is 1.56. The number of nitrogens with zero attached hydrogens (tertiary/aromatic N) is 3. The van der Waals surface area contributed by atoms with Crippen molar-refractivity contribution in [2.24, 2.45) is 0 Å². The number of hydrogen-bond donors (Lipinski definition) is 1. The highest BCUT2D eigenvalue weighted by atomic mass is 32.1. The quantitative estimate of drug-likeness (QED) is 0.852. The molecule has 114 valence electrons. The first-order chi connectivity index (χ1) is 10.2. The molecule has 0 saturated carbocycles. The molecule has 0 aromatic carbocycles. The van der Waals surface area contributed by atoms with Gasteiger partial charge in [-0.2, -0.15) is 5.10 Å². The van der Waals surface area contributed by atoms with E-state index in [1.54, 1.807) is 4.68 Å². The summed E-state index contributed by atoms with van der Waals surface area (Å²) in [6, 6.07) is 1.82. The van der Waals surface area contributed by atoms with Crippen LogP contribution in [0.1, 0.15) is 38.8 Å². The van der Waals surface area contributed by atoms with Crippen molar-refractivity contribution in [2.45, 2.75) is 46.6 Å². The lowest BCUT2D eigenvalue weighted by molar-refractivity contribution is 0.538. The van der Waals surface area contributed by atoms with Crippen LogP contribution in [0, 0.1) is 6.92 Å². The molecule has 0 spiro atoms. The van der Waals surface area contributed by atoms with Gasteiger partial charge in [0.15, 0.2) is 5.13 Å². The molecule has 5 nitrogen and oxygen atoms in total. The molecule has 2 heterocycles. The SMILES string of the molecule is CCCCn1nc(C)cc(-c2csc(NCCC)n2)c1=O. The van der Waals surface area contributed by atoms with Crippen LogP contribution in [0.15, 0.2) is 16.2 Å². The van der Waals surface area contributed by atoms with Gasteiger partial charge in [-0.3, -0.25) is 4.79 Å². The summed E-state index contributed by atoms with van der Waals surface area (Å²) in [6.45, 7) is 7.68. The Kier molecular flexibility index (Phi) is 5.50. The van der Waals surface area contributed by atoms with Crippen molar-refractivity contribution >= 4 is 16.5 Å². The minimum Gasteiger partial charge on any atom is -0.362 e. The molecule has 0 radical (unpaired) electrons. The average molecular weight is 306 g/mol. The standard InChI is InChI=1S/C15H22N4OS/c1-4-6-8-19-14(20)12(9-11(3)18-19)13-10-21-15(17-13)16-7-5-2/h9-10H,4-8H2,1-3H3,(H,16,17). The van der Waals surface area contributed by atoms with Gasteiger partial charge in [-0.15, -0.1) is 11.3 Å². The fraction of sp³-hybridized carbons (Fsp3) is 0.533. The fourth-order valence-electron chi connectivity index (χ4n) is 2.03. The average Bonchev–Trinajstić information content (AvgIpc) is 2.94. The van der Waals surface area contributed by atoms with E-state index in [9.17, 15) is 4.79 Å². The van der Waals surface area contributed by atoms with Crippen molar-refractivity contribution in [1.29, 1.82) is 0 Å². The van der Waals surface area contributed by atoms with E-state index >= 15 is 0 Å².